The van der Waals surface area contributed by atoms with Crippen LogP contribution in [0.15, 0.2) is 186 Å². The fourth-order valence-electron chi connectivity index (χ4n) is 10.3. The van der Waals surface area contributed by atoms with Gasteiger partial charge in [0.2, 0.25) is 0 Å². The predicted octanol–water partition coefficient (Wildman–Crippen LogP) is 13.9. The highest BCUT2D eigenvalue weighted by Crippen LogP contribution is 2.48. The van der Waals surface area contributed by atoms with Crippen LogP contribution in [0, 0.1) is 0 Å². The first-order valence-electron chi connectivity index (χ1n) is 22.2. The smallest absolute Gasteiger partial charge is 0.297 e. The Morgan fingerprint density at radius 3 is 1.60 bits per heavy atom. The lowest BCUT2D eigenvalue weighted by atomic mass is 9.35. The standard InChI is InChI=1S/C58H48BN3O/c1-57(2,3)39-24-28-41(29-25-39)60-50-21-14-22-51-54(50)59(47-33-32-43(36-52(47)60)61-48-19-12-10-17-44(48)45-18-11-13-20-49(45)61)56-55(62(51)42-30-26-40(27-31-42)58(4,5)6)46-35-38(23-34-53(46)63-56)37-15-8-7-9-16-37/h7-36H,1-6H3. The van der Waals surface area contributed by atoms with Gasteiger partial charge < -0.3 is 18.8 Å². The third-order valence-electron chi connectivity index (χ3n) is 13.5. The Morgan fingerprint density at radius 2 is 0.984 bits per heavy atom. The minimum atomic E-state index is -0.156. The van der Waals surface area contributed by atoms with Crippen LogP contribution in [-0.4, -0.2) is 11.3 Å². The third-order valence-corrected chi connectivity index (χ3v) is 13.5. The number of rotatable bonds is 4. The molecule has 2 aliphatic heterocycles. The van der Waals surface area contributed by atoms with Gasteiger partial charge in [0, 0.05) is 50.3 Å². The van der Waals surface area contributed by atoms with Crippen LogP contribution in [0.5, 0.6) is 0 Å². The SMILES string of the molecule is CC(C)(C)c1ccc(N2c3cc(-n4c5ccccc5c5ccccc54)ccc3B3c4oc5ccc(-c6ccccc6)cc5c4N(c4ccc(C(C)(C)C)cc4)c4cccc2c43)cc1. The molecule has 0 unspecified atom stereocenters. The molecule has 0 amide bonds. The summed E-state index contributed by atoms with van der Waals surface area (Å²) in [6.07, 6.45) is 0. The lowest BCUT2D eigenvalue weighted by Crippen LogP contribution is -2.61. The molecular formula is C58H48BN3O. The van der Waals surface area contributed by atoms with E-state index in [0.29, 0.717) is 0 Å². The van der Waals surface area contributed by atoms with Gasteiger partial charge in [-0.15, -0.1) is 0 Å². The summed E-state index contributed by atoms with van der Waals surface area (Å²) >= 11 is 0. The van der Waals surface area contributed by atoms with Gasteiger partial charge in [-0.05, 0) is 117 Å². The minimum absolute atomic E-state index is 0.0279. The Hall–Kier alpha value is -7.24. The molecule has 0 fully saturated rings. The molecule has 0 saturated carbocycles. The van der Waals surface area contributed by atoms with Gasteiger partial charge in [0.15, 0.2) is 0 Å². The molecule has 10 aromatic rings. The molecule has 63 heavy (non-hydrogen) atoms. The topological polar surface area (TPSA) is 24.6 Å². The van der Waals surface area contributed by atoms with E-state index in [1.165, 1.54) is 55.0 Å². The summed E-state index contributed by atoms with van der Waals surface area (Å²) in [5.41, 5.74) is 19.6. The van der Waals surface area contributed by atoms with Gasteiger partial charge in [0.1, 0.15) is 5.58 Å². The highest BCUT2D eigenvalue weighted by molar-refractivity contribution is 7.00. The summed E-state index contributed by atoms with van der Waals surface area (Å²) in [4.78, 5) is 4.96. The molecule has 0 atom stereocenters. The van der Waals surface area contributed by atoms with E-state index in [-0.39, 0.29) is 17.5 Å². The minimum Gasteiger partial charge on any atom is -0.468 e. The zero-order valence-electron chi connectivity index (χ0n) is 36.6. The van der Waals surface area contributed by atoms with Gasteiger partial charge >= 0.3 is 0 Å². The van der Waals surface area contributed by atoms with Crippen molar-refractivity contribution in [3.05, 3.63) is 193 Å². The van der Waals surface area contributed by atoms with E-state index >= 15 is 0 Å². The van der Waals surface area contributed by atoms with Crippen molar-refractivity contribution in [1.82, 2.24) is 4.57 Å². The molecule has 0 N–H and O–H groups in total. The number of fused-ring (bicyclic) bond motifs is 9. The fourth-order valence-corrected chi connectivity index (χ4v) is 10.3. The first-order chi connectivity index (χ1) is 30.5. The van der Waals surface area contributed by atoms with Crippen LogP contribution in [0.3, 0.4) is 0 Å². The predicted molar refractivity (Wildman–Crippen MR) is 267 cm³/mol. The van der Waals surface area contributed by atoms with Crippen LogP contribution in [0.2, 0.25) is 0 Å². The van der Waals surface area contributed by atoms with Crippen molar-refractivity contribution in [2.24, 2.45) is 0 Å². The molecular weight excluding hydrogens is 765 g/mol. The van der Waals surface area contributed by atoms with E-state index in [4.69, 9.17) is 4.42 Å². The quantitative estimate of drug-likeness (QED) is 0.165. The van der Waals surface area contributed by atoms with Crippen molar-refractivity contribution >= 4 is 90.2 Å². The molecule has 0 radical (unpaired) electrons. The summed E-state index contributed by atoms with van der Waals surface area (Å²) in [6.45, 7) is 13.5. The molecule has 0 saturated heterocycles. The van der Waals surface area contributed by atoms with Crippen LogP contribution < -0.4 is 26.4 Å². The van der Waals surface area contributed by atoms with Crippen LogP contribution >= 0.6 is 0 Å². The van der Waals surface area contributed by atoms with Gasteiger partial charge in [-0.2, -0.15) is 0 Å². The van der Waals surface area contributed by atoms with Gasteiger partial charge in [-0.3, -0.25) is 0 Å². The number of hydrogen-bond acceptors (Lipinski definition) is 3. The summed E-state index contributed by atoms with van der Waals surface area (Å²) in [5, 5.41) is 3.60. The second-order valence-electron chi connectivity index (χ2n) is 19.4. The average molecular weight is 814 g/mol. The first kappa shape index (κ1) is 37.5. The maximum absolute atomic E-state index is 7.26. The van der Waals surface area contributed by atoms with E-state index < -0.39 is 0 Å². The Morgan fingerprint density at radius 1 is 0.429 bits per heavy atom. The molecule has 2 aliphatic rings. The average Bonchev–Trinajstić information content (AvgIpc) is 3.84. The zero-order chi connectivity index (χ0) is 42.8. The molecule has 12 rings (SSSR count). The number of para-hydroxylation sites is 2. The number of furan rings is 1. The lowest BCUT2D eigenvalue weighted by Gasteiger charge is -2.42. The highest BCUT2D eigenvalue weighted by atomic mass is 16.3. The van der Waals surface area contributed by atoms with E-state index in [1.54, 1.807) is 0 Å². The Balaban J connectivity index is 1.15. The molecule has 4 nitrogen and oxygen atoms in total. The number of hydrogen-bond donors (Lipinski definition) is 0. The highest BCUT2D eigenvalue weighted by Gasteiger charge is 2.46. The van der Waals surface area contributed by atoms with Crippen molar-refractivity contribution in [1.29, 1.82) is 0 Å². The van der Waals surface area contributed by atoms with Crippen molar-refractivity contribution in [3.63, 3.8) is 0 Å². The van der Waals surface area contributed by atoms with Gasteiger partial charge in [0.25, 0.3) is 6.71 Å². The van der Waals surface area contributed by atoms with Gasteiger partial charge in [0.05, 0.1) is 22.4 Å². The van der Waals surface area contributed by atoms with Crippen molar-refractivity contribution < 1.29 is 4.42 Å². The molecule has 304 valence electrons. The first-order valence-corrected chi connectivity index (χ1v) is 22.2. The third kappa shape index (κ3) is 5.76. The van der Waals surface area contributed by atoms with E-state index in [0.717, 1.165) is 56.4 Å². The lowest BCUT2D eigenvalue weighted by molar-refractivity contribution is 0.590. The molecule has 5 heteroatoms. The second-order valence-corrected chi connectivity index (χ2v) is 19.4. The molecule has 2 aromatic heterocycles. The Bertz CT molecular complexity index is 3370. The largest absolute Gasteiger partial charge is 0.468 e. The molecule has 0 bridgehead atoms. The number of aromatic nitrogens is 1. The van der Waals surface area contributed by atoms with Crippen molar-refractivity contribution in [2.45, 2.75) is 52.4 Å². The van der Waals surface area contributed by atoms with Crippen molar-refractivity contribution in [3.8, 4) is 16.8 Å². The summed E-state index contributed by atoms with van der Waals surface area (Å²) in [7, 11) is 0. The van der Waals surface area contributed by atoms with Crippen molar-refractivity contribution in [2.75, 3.05) is 9.80 Å². The van der Waals surface area contributed by atoms with E-state index in [2.05, 4.69) is 238 Å². The zero-order valence-corrected chi connectivity index (χ0v) is 36.6. The summed E-state index contributed by atoms with van der Waals surface area (Å²) in [5.74, 6) is 0. The molecule has 0 spiro atoms. The maximum atomic E-state index is 7.26. The monoisotopic (exact) mass is 813 g/mol. The Kier molecular flexibility index (Phi) is 8.12. The summed E-state index contributed by atoms with van der Waals surface area (Å²) in [6, 6.07) is 67.3. The van der Waals surface area contributed by atoms with Crippen LogP contribution in [-0.2, 0) is 10.8 Å². The van der Waals surface area contributed by atoms with Gasteiger partial charge in [-0.1, -0.05) is 151 Å². The molecule has 8 aromatic carbocycles. The maximum Gasteiger partial charge on any atom is 0.297 e. The number of benzene rings is 8. The normalized spacial score (nSPS) is 13.5. The number of nitrogens with zero attached hydrogens (tertiary/aromatic N) is 3. The van der Waals surface area contributed by atoms with E-state index in [9.17, 15) is 0 Å². The second kappa shape index (κ2) is 13.6. The van der Waals surface area contributed by atoms with Gasteiger partial charge in [-0.25, -0.2) is 0 Å². The molecule has 4 heterocycles. The molecule has 0 aliphatic carbocycles. The van der Waals surface area contributed by atoms with Crippen LogP contribution in [0.25, 0.3) is 49.6 Å². The van der Waals surface area contributed by atoms with E-state index in [1.807, 2.05) is 0 Å². The number of anilines is 6. The summed E-state index contributed by atoms with van der Waals surface area (Å²) < 4.78 is 9.69. The Labute approximate surface area is 369 Å². The fraction of sp³-hybridized carbons (Fsp3) is 0.138. The van der Waals surface area contributed by atoms with Crippen LogP contribution in [0.1, 0.15) is 52.7 Å². The van der Waals surface area contributed by atoms with Crippen LogP contribution in [0.4, 0.5) is 34.1 Å².